The number of piperidine rings is 1. The van der Waals surface area contributed by atoms with Gasteiger partial charge in [-0.15, -0.1) is 0 Å². The number of likely N-dealkylation sites (N-methyl/N-ethyl adjacent to an activating group) is 1. The first-order valence-corrected chi connectivity index (χ1v) is 35.8. The summed E-state index contributed by atoms with van der Waals surface area (Å²) in [4.78, 5) is 129. The minimum absolute atomic E-state index is 0.156. The summed E-state index contributed by atoms with van der Waals surface area (Å²) < 4.78 is 5.18. The third-order valence-electron chi connectivity index (χ3n) is 19.0. The lowest BCUT2D eigenvalue weighted by molar-refractivity contribution is 0.0914. The van der Waals surface area contributed by atoms with Crippen molar-refractivity contribution >= 4 is 51.9 Å². The fourth-order valence-corrected chi connectivity index (χ4v) is 12.6. The minimum atomic E-state index is -0.296. The Bertz CT molecular complexity index is 5730. The molecular weight excluding hydrogens is 1390 g/mol. The van der Waals surface area contributed by atoms with E-state index in [4.69, 9.17) is 0 Å². The molecule has 2 fully saturated rings. The second-order valence-corrected chi connectivity index (χ2v) is 26.7. The maximum atomic E-state index is 12.9. The van der Waals surface area contributed by atoms with E-state index in [9.17, 15) is 38.4 Å². The normalized spacial score (nSPS) is 13.2. The molecule has 0 aliphatic carbocycles. The van der Waals surface area contributed by atoms with Gasteiger partial charge in [0.1, 0.15) is 27.9 Å². The molecule has 14 aromatic rings. The van der Waals surface area contributed by atoms with Crippen molar-refractivity contribution in [2.75, 3.05) is 77.9 Å². The van der Waals surface area contributed by atoms with E-state index in [0.717, 1.165) is 88.1 Å². The minimum Gasteiger partial charge on any atom is -0.363 e. The zero-order chi connectivity index (χ0) is 75.9. The number of amides is 4. The summed E-state index contributed by atoms with van der Waals surface area (Å²) in [5.41, 5.74) is 11.7. The van der Waals surface area contributed by atoms with E-state index in [-0.39, 0.29) is 57.6 Å². The van der Waals surface area contributed by atoms with Gasteiger partial charge in [0.05, 0.1) is 29.3 Å². The molecule has 0 radical (unpaired) electrons. The number of likely N-dealkylation sites (tertiary alicyclic amines) is 1. The van der Waals surface area contributed by atoms with Crippen molar-refractivity contribution in [3.8, 4) is 33.6 Å². The lowest BCUT2D eigenvalue weighted by atomic mass is 10.1. The van der Waals surface area contributed by atoms with Gasteiger partial charge in [0, 0.05) is 125 Å². The number of benzene rings is 4. The molecule has 30 nitrogen and oxygen atoms in total. The Kier molecular flexibility index (Phi) is 23.1. The van der Waals surface area contributed by atoms with Crippen LogP contribution in [0.2, 0.25) is 0 Å². The molecule has 2 aliphatic rings. The molecule has 0 bridgehead atoms. The number of aromatic amines is 5. The molecule has 12 heterocycles. The molecule has 10 aromatic heterocycles. The molecule has 0 spiro atoms. The lowest BCUT2D eigenvalue weighted by Gasteiger charge is -2.33. The summed E-state index contributed by atoms with van der Waals surface area (Å²) >= 11 is 0. The molecule has 0 unspecified atom stereocenters. The molecule has 9 N–H and O–H groups in total. The Morgan fingerprint density at radius 2 is 0.908 bits per heavy atom. The van der Waals surface area contributed by atoms with E-state index in [1.165, 1.54) is 65.5 Å². The highest BCUT2D eigenvalue weighted by Crippen LogP contribution is 2.21. The van der Waals surface area contributed by atoms with Crippen LogP contribution in [0.4, 0.5) is 5.69 Å². The Morgan fingerprint density at radius 3 is 1.42 bits per heavy atom. The van der Waals surface area contributed by atoms with Crippen molar-refractivity contribution in [2.45, 2.75) is 52.0 Å². The number of aryl methyl sites for hydroxylation is 2. The fraction of sp³-hybridized carbons (Fsp3) is 0.241. The van der Waals surface area contributed by atoms with Gasteiger partial charge in [0.2, 0.25) is 0 Å². The predicted molar refractivity (Wildman–Crippen MR) is 414 cm³/mol. The van der Waals surface area contributed by atoms with Crippen LogP contribution < -0.4 is 48.4 Å². The zero-order valence-electron chi connectivity index (χ0n) is 60.5. The van der Waals surface area contributed by atoms with Gasteiger partial charge in [-0.05, 0) is 108 Å². The first-order valence-electron chi connectivity index (χ1n) is 35.8. The van der Waals surface area contributed by atoms with E-state index in [2.05, 4.69) is 125 Å². The maximum absolute atomic E-state index is 12.9. The number of H-pyrrole nitrogens is 5. The summed E-state index contributed by atoms with van der Waals surface area (Å²) in [5, 5.41) is 29.6. The number of aromatic nitrogens is 15. The number of anilines is 1. The van der Waals surface area contributed by atoms with Crippen LogP contribution in [-0.2, 0) is 19.3 Å². The monoisotopic (exact) mass is 1470 g/mol. The van der Waals surface area contributed by atoms with Crippen LogP contribution in [0.15, 0.2) is 215 Å². The van der Waals surface area contributed by atoms with Gasteiger partial charge < -0.3 is 36.0 Å². The van der Waals surface area contributed by atoms with Gasteiger partial charge in [0.15, 0.2) is 22.6 Å². The van der Waals surface area contributed by atoms with Crippen molar-refractivity contribution in [1.82, 2.24) is 105 Å². The fourth-order valence-electron chi connectivity index (χ4n) is 12.6. The number of fused-ring (bicyclic) bond motifs is 4. The molecule has 0 saturated carbocycles. The molecule has 0 atom stereocenters. The van der Waals surface area contributed by atoms with Gasteiger partial charge in [-0.25, -0.2) is 33.5 Å². The number of carbonyl (C=O) groups excluding carboxylic acids is 4. The van der Waals surface area contributed by atoms with Gasteiger partial charge in [0.25, 0.3) is 45.9 Å². The Balaban J connectivity index is 0.000000128. The number of rotatable bonds is 18. The van der Waals surface area contributed by atoms with Gasteiger partial charge in [-0.1, -0.05) is 120 Å². The predicted octanol–water partition coefficient (Wildman–Crippen LogP) is 6.32. The zero-order valence-corrected chi connectivity index (χ0v) is 60.5. The molecule has 4 amide bonds. The van der Waals surface area contributed by atoms with Crippen molar-refractivity contribution in [1.29, 1.82) is 0 Å². The summed E-state index contributed by atoms with van der Waals surface area (Å²) in [6.07, 6.45) is 19.7. The molecule has 556 valence electrons. The number of hydrogen-bond donors (Lipinski definition) is 9. The number of carbonyl (C=O) groups is 4. The highest BCUT2D eigenvalue weighted by molar-refractivity contribution is 6.02. The third-order valence-corrected chi connectivity index (χ3v) is 19.0. The molecule has 2 saturated heterocycles. The van der Waals surface area contributed by atoms with Gasteiger partial charge >= 0.3 is 0 Å². The summed E-state index contributed by atoms with van der Waals surface area (Å²) in [6.45, 7) is 10.9. The van der Waals surface area contributed by atoms with E-state index in [1.54, 1.807) is 49.4 Å². The van der Waals surface area contributed by atoms with Gasteiger partial charge in [-0.2, -0.15) is 9.61 Å². The largest absolute Gasteiger partial charge is 0.363 e. The van der Waals surface area contributed by atoms with Crippen LogP contribution in [0, 0.1) is 13.8 Å². The van der Waals surface area contributed by atoms with E-state index in [1.807, 2.05) is 110 Å². The highest BCUT2D eigenvalue weighted by atomic mass is 16.2. The smallest absolute Gasteiger partial charge is 0.296 e. The molecule has 109 heavy (non-hydrogen) atoms. The highest BCUT2D eigenvalue weighted by Gasteiger charge is 2.25. The number of pyridine rings is 1. The van der Waals surface area contributed by atoms with Crippen molar-refractivity contribution < 1.29 is 19.2 Å². The molecule has 16 rings (SSSR count). The van der Waals surface area contributed by atoms with E-state index < -0.39 is 0 Å². The second kappa shape index (κ2) is 34.2. The van der Waals surface area contributed by atoms with Crippen LogP contribution >= 0.6 is 0 Å². The number of hydrogen-bond acceptors (Lipinski definition) is 17. The Morgan fingerprint density at radius 1 is 0.450 bits per heavy atom. The Labute approximate surface area is 623 Å². The standard InChI is InChI=1S/C21H26N6O2.C20H17N5O2.C19H18N6O2.C19H21N5O2/c1-15-3-5-16(6-4-15)7-8-22-20(28)17-13-24-27-19(17)23-14-18(21(27)29)26-11-9-25(2)10-12-26;26-18-11-17(15-7-4-9-21-12-15)24-19-16(13-23-25(18)19)20(27)22-10-8-14-5-2-1-3-6-14;1-12-2-4-13(5-3-12)6-7-20-19(27)15-11-23-25-17(26)8-16(24-18(15)25)14-9-21-22-10-14;1-23-9-7-14(8-10-23)22-18(25)16-12-21-24-17(16)20-11-15(19(24)26)13-5-3-2-4-6-13/h3-6,13-14,24H,7-12H2,1-2H3,(H,22,28);1-7,9,11-13,23H,8,10H2,(H,22,27);2-5,8-11,23H,6-7H2,1H3,(H,20,27)(H,21,22);2-6,11-12,14,21H,7-10H2,1H3,(H,22,25). The summed E-state index contributed by atoms with van der Waals surface area (Å²) in [5.74, 6) is -0.996. The quantitative estimate of drug-likeness (QED) is 0.0454. The number of nitrogens with zero attached hydrogens (tertiary/aromatic N) is 13. The summed E-state index contributed by atoms with van der Waals surface area (Å²) in [7, 11) is 4.15. The molecular formula is C79H82N22O8. The van der Waals surface area contributed by atoms with Crippen LogP contribution in [0.3, 0.4) is 0 Å². The number of nitrogens with one attached hydrogen (secondary N) is 9. The molecule has 4 aromatic carbocycles. The topological polar surface area (TPSA) is 368 Å². The van der Waals surface area contributed by atoms with E-state index in [0.29, 0.717) is 92.6 Å². The van der Waals surface area contributed by atoms with Crippen LogP contribution in [0.25, 0.3) is 56.2 Å². The van der Waals surface area contributed by atoms with Crippen LogP contribution in [-0.4, -0.2) is 186 Å². The summed E-state index contributed by atoms with van der Waals surface area (Å²) in [6, 6.07) is 42.3. The number of piperazine rings is 1. The molecule has 2 aliphatic heterocycles. The second-order valence-electron chi connectivity index (χ2n) is 26.7. The Hall–Kier alpha value is -13.5. The van der Waals surface area contributed by atoms with Crippen LogP contribution in [0.5, 0.6) is 0 Å². The van der Waals surface area contributed by atoms with Crippen molar-refractivity contribution in [3.05, 3.63) is 287 Å². The molecule has 30 heteroatoms. The van der Waals surface area contributed by atoms with Gasteiger partial charge in [-0.3, -0.25) is 68.8 Å². The lowest BCUT2D eigenvalue weighted by Crippen LogP contribution is -2.46. The maximum Gasteiger partial charge on any atom is 0.296 e. The first kappa shape index (κ1) is 73.8. The average molecular weight is 1470 g/mol. The first-order chi connectivity index (χ1) is 53.0. The van der Waals surface area contributed by atoms with Crippen molar-refractivity contribution in [3.63, 3.8) is 0 Å². The third kappa shape index (κ3) is 17.7. The average Bonchev–Trinajstić information content (AvgIpc) is 1.69. The SMILES string of the molecule is CN1CCC(NC(=O)c2c[nH]n3c(=O)c(-c4ccccc4)cnc23)CC1.Cc1ccc(CCNC(=O)c2c[nH]n3c(=O)c(N4CCN(C)CC4)cnc23)cc1.Cc1ccc(CCNC(=O)c2c[nH]n3c(=O)cc(-c4cn[nH]c4)nc23)cc1.O=C(NCCc1ccccc1)c1c[nH]n2c(=O)cc(-c3cccnc3)nc12. The van der Waals surface area contributed by atoms with Crippen molar-refractivity contribution in [2.24, 2.45) is 0 Å². The van der Waals surface area contributed by atoms with Crippen LogP contribution in [0.1, 0.15) is 82.1 Å². The van der Waals surface area contributed by atoms with E-state index >= 15 is 0 Å².